The Morgan fingerprint density at radius 3 is 2.71 bits per heavy atom. The molecule has 2 heteroatoms. The van der Waals surface area contributed by atoms with Gasteiger partial charge < -0.3 is 0 Å². The molecule has 0 nitrogen and oxygen atoms in total. The molecule has 0 saturated carbocycles. The Kier molecular flexibility index (Phi) is 4.59. The maximum Gasteiger partial charge on any atom is 0.126 e. The van der Waals surface area contributed by atoms with Crippen molar-refractivity contribution in [2.24, 2.45) is 0 Å². The van der Waals surface area contributed by atoms with Gasteiger partial charge in [-0.2, -0.15) is 0 Å². The molecular weight excluding hydrogens is 243 g/mol. The number of unbranched alkanes of at least 4 members (excludes halogenated alkanes) is 1. The number of halogens is 2. The van der Waals surface area contributed by atoms with Gasteiger partial charge in [0.2, 0.25) is 0 Å². The van der Waals surface area contributed by atoms with Crippen LogP contribution in [0.4, 0.5) is 4.39 Å². The molecule has 0 aliphatic rings. The zero-order valence-electron chi connectivity index (χ0n) is 8.69. The Balaban J connectivity index is 2.70. The van der Waals surface area contributed by atoms with E-state index >= 15 is 0 Å². The van der Waals surface area contributed by atoms with Crippen LogP contribution in [0.25, 0.3) is 0 Å². The van der Waals surface area contributed by atoms with Gasteiger partial charge in [-0.3, -0.25) is 0 Å². The molecule has 0 bridgehead atoms. The summed E-state index contributed by atoms with van der Waals surface area (Å²) >= 11 is 3.62. The van der Waals surface area contributed by atoms with E-state index in [9.17, 15) is 4.39 Å². The fourth-order valence-corrected chi connectivity index (χ4v) is 2.02. The third-order valence-electron chi connectivity index (χ3n) is 2.35. The van der Waals surface area contributed by atoms with Gasteiger partial charge in [0.25, 0.3) is 0 Å². The average molecular weight is 259 g/mol. The lowest BCUT2D eigenvalue weighted by Gasteiger charge is -2.10. The molecule has 0 saturated heterocycles. The van der Waals surface area contributed by atoms with Crippen molar-refractivity contribution in [3.05, 3.63) is 35.1 Å². The van der Waals surface area contributed by atoms with Crippen LogP contribution in [0.2, 0.25) is 0 Å². The van der Waals surface area contributed by atoms with Gasteiger partial charge in [0, 0.05) is 4.83 Å². The van der Waals surface area contributed by atoms with Crippen molar-refractivity contribution in [2.75, 3.05) is 0 Å². The van der Waals surface area contributed by atoms with Gasteiger partial charge in [-0.15, -0.1) is 0 Å². The van der Waals surface area contributed by atoms with Crippen LogP contribution in [0, 0.1) is 12.7 Å². The molecule has 0 spiro atoms. The van der Waals surface area contributed by atoms with E-state index in [4.69, 9.17) is 0 Å². The molecule has 0 fully saturated rings. The SMILES string of the molecule is CCCCC(Br)c1ccc(F)c(C)c1. The van der Waals surface area contributed by atoms with E-state index in [-0.39, 0.29) is 5.82 Å². The molecule has 0 aromatic heterocycles. The molecule has 1 aromatic rings. The lowest BCUT2D eigenvalue weighted by Crippen LogP contribution is -1.92. The first-order valence-corrected chi connectivity index (χ1v) is 5.96. The van der Waals surface area contributed by atoms with Crippen molar-refractivity contribution in [2.45, 2.75) is 37.9 Å². The highest BCUT2D eigenvalue weighted by Gasteiger charge is 2.08. The molecule has 1 rings (SSSR count). The third kappa shape index (κ3) is 3.09. The number of aryl methyl sites for hydroxylation is 1. The minimum absolute atomic E-state index is 0.121. The van der Waals surface area contributed by atoms with Gasteiger partial charge >= 0.3 is 0 Å². The summed E-state index contributed by atoms with van der Waals surface area (Å²) in [4.78, 5) is 0.363. The third-order valence-corrected chi connectivity index (χ3v) is 3.34. The molecule has 14 heavy (non-hydrogen) atoms. The summed E-state index contributed by atoms with van der Waals surface area (Å²) in [6, 6.07) is 5.33. The molecule has 0 aliphatic heterocycles. The summed E-state index contributed by atoms with van der Waals surface area (Å²) in [5, 5.41) is 0. The van der Waals surface area contributed by atoms with E-state index < -0.39 is 0 Å². The summed E-state index contributed by atoms with van der Waals surface area (Å²) in [7, 11) is 0. The Hall–Kier alpha value is -0.370. The number of alkyl halides is 1. The lowest BCUT2D eigenvalue weighted by molar-refractivity contribution is 0.616. The van der Waals surface area contributed by atoms with Crippen molar-refractivity contribution in [3.63, 3.8) is 0 Å². The van der Waals surface area contributed by atoms with E-state index in [1.807, 2.05) is 12.1 Å². The molecule has 1 atom stereocenters. The Morgan fingerprint density at radius 2 is 2.14 bits per heavy atom. The topological polar surface area (TPSA) is 0 Å². The largest absolute Gasteiger partial charge is 0.207 e. The van der Waals surface area contributed by atoms with E-state index in [1.165, 1.54) is 18.4 Å². The Labute approximate surface area is 93.7 Å². The zero-order valence-corrected chi connectivity index (χ0v) is 10.3. The first kappa shape index (κ1) is 11.7. The summed E-state index contributed by atoms with van der Waals surface area (Å²) in [6.07, 6.45) is 3.51. The predicted molar refractivity (Wildman–Crippen MR) is 62.3 cm³/mol. The van der Waals surface area contributed by atoms with Crippen LogP contribution in [0.1, 0.15) is 42.1 Å². The molecule has 0 N–H and O–H groups in total. The fraction of sp³-hybridized carbons (Fsp3) is 0.500. The van der Waals surface area contributed by atoms with E-state index in [1.54, 1.807) is 13.0 Å². The first-order chi connectivity index (χ1) is 6.65. The van der Waals surface area contributed by atoms with Gasteiger partial charge in [-0.05, 0) is 30.5 Å². The smallest absolute Gasteiger partial charge is 0.126 e. The lowest BCUT2D eigenvalue weighted by atomic mass is 10.0. The Morgan fingerprint density at radius 1 is 1.43 bits per heavy atom. The van der Waals surface area contributed by atoms with Crippen LogP contribution in [0.3, 0.4) is 0 Å². The van der Waals surface area contributed by atoms with Crippen LogP contribution in [-0.4, -0.2) is 0 Å². The highest BCUT2D eigenvalue weighted by molar-refractivity contribution is 9.09. The van der Waals surface area contributed by atoms with Gasteiger partial charge in [0.1, 0.15) is 5.82 Å². The van der Waals surface area contributed by atoms with Crippen molar-refractivity contribution in [3.8, 4) is 0 Å². The number of benzene rings is 1. The van der Waals surface area contributed by atoms with Crippen LogP contribution in [0.15, 0.2) is 18.2 Å². The molecular formula is C12H16BrF. The van der Waals surface area contributed by atoms with Crippen LogP contribution in [0.5, 0.6) is 0 Å². The van der Waals surface area contributed by atoms with Crippen molar-refractivity contribution < 1.29 is 4.39 Å². The van der Waals surface area contributed by atoms with Gasteiger partial charge in [0.05, 0.1) is 0 Å². The second-order valence-corrected chi connectivity index (χ2v) is 4.72. The van der Waals surface area contributed by atoms with Crippen molar-refractivity contribution in [1.29, 1.82) is 0 Å². The minimum atomic E-state index is -0.121. The minimum Gasteiger partial charge on any atom is -0.207 e. The van der Waals surface area contributed by atoms with Crippen LogP contribution < -0.4 is 0 Å². The standard InChI is InChI=1S/C12H16BrF/c1-3-4-5-11(13)10-6-7-12(14)9(2)8-10/h6-8,11H,3-5H2,1-2H3. The summed E-state index contributed by atoms with van der Waals surface area (Å²) in [6.45, 7) is 3.98. The normalized spacial score (nSPS) is 12.9. The first-order valence-electron chi connectivity index (χ1n) is 5.05. The maximum absolute atomic E-state index is 13.0. The molecule has 1 aromatic carbocycles. The van der Waals surface area contributed by atoms with Crippen molar-refractivity contribution in [1.82, 2.24) is 0 Å². The number of rotatable bonds is 4. The predicted octanol–water partition coefficient (Wildman–Crippen LogP) is 4.76. The molecule has 0 aliphatic carbocycles. The number of hydrogen-bond donors (Lipinski definition) is 0. The van der Waals surface area contributed by atoms with E-state index in [0.717, 1.165) is 12.0 Å². The van der Waals surface area contributed by atoms with Crippen molar-refractivity contribution >= 4 is 15.9 Å². The molecule has 1 unspecified atom stereocenters. The highest BCUT2D eigenvalue weighted by Crippen LogP contribution is 2.29. The van der Waals surface area contributed by atoms with Crippen LogP contribution >= 0.6 is 15.9 Å². The fourth-order valence-electron chi connectivity index (χ4n) is 1.41. The zero-order chi connectivity index (χ0) is 10.6. The Bertz CT molecular complexity index is 296. The van der Waals surface area contributed by atoms with Gasteiger partial charge in [-0.25, -0.2) is 4.39 Å². The quantitative estimate of drug-likeness (QED) is 0.684. The second-order valence-electron chi connectivity index (χ2n) is 3.62. The highest BCUT2D eigenvalue weighted by atomic mass is 79.9. The summed E-state index contributed by atoms with van der Waals surface area (Å²) < 4.78 is 13.0. The maximum atomic E-state index is 13.0. The number of hydrogen-bond acceptors (Lipinski definition) is 0. The second kappa shape index (κ2) is 5.50. The monoisotopic (exact) mass is 258 g/mol. The van der Waals surface area contributed by atoms with E-state index in [2.05, 4.69) is 22.9 Å². The van der Waals surface area contributed by atoms with Gasteiger partial charge in [0.15, 0.2) is 0 Å². The molecule has 0 heterocycles. The summed E-state index contributed by atoms with van der Waals surface area (Å²) in [5.74, 6) is -0.121. The van der Waals surface area contributed by atoms with Crippen LogP contribution in [-0.2, 0) is 0 Å². The summed E-state index contributed by atoms with van der Waals surface area (Å²) in [5.41, 5.74) is 1.90. The van der Waals surface area contributed by atoms with Gasteiger partial charge in [-0.1, -0.05) is 47.8 Å². The van der Waals surface area contributed by atoms with E-state index in [0.29, 0.717) is 4.83 Å². The molecule has 0 radical (unpaired) electrons. The molecule has 78 valence electrons. The molecule has 0 amide bonds. The average Bonchev–Trinajstić information content (AvgIpc) is 2.18.